The van der Waals surface area contributed by atoms with Crippen molar-refractivity contribution in [2.75, 3.05) is 110 Å². The van der Waals surface area contributed by atoms with E-state index < -0.39 is 30.8 Å². The first kappa shape index (κ1) is 73.3. The van der Waals surface area contributed by atoms with Crippen LogP contribution in [0.5, 0.6) is 23.0 Å². The molecule has 2 saturated heterocycles. The van der Waals surface area contributed by atoms with Gasteiger partial charge in [-0.1, -0.05) is 82.1 Å². The minimum absolute atomic E-state index is 0. The van der Waals surface area contributed by atoms with Crippen LogP contribution in [0.1, 0.15) is 49.9 Å². The van der Waals surface area contributed by atoms with Gasteiger partial charge in [0.25, 0.3) is 0 Å². The minimum Gasteiger partial charge on any atom is -1.00 e. The standard InChI is InChI=1S/C30H37ClN2O7.C27H34ClFN2O6.2ClH.2H2N/c1-4-15-36-19-27(40-28(34)16-31)21-38-25-11-7-23(8-12-25)30(2,3)22-5-9-24(10-6-22)37-20-26(18-33-13-14-33)39-29(35)17-32;1-27(2,19-3-7-21(8-4-19)34-17-23(14-29)36-25(32)13-28)20-5-9-22(10-6-20)35-18-24(16-31-11-12-31)37-26(33)15-30;;;;/h1,5-12,26-27H,13-21,32H2,2-3H3;3-10,23-24H,11-18,30H2,1-2H3;2*1H;2*1H2/q;;;;2*-1. The van der Waals surface area contributed by atoms with Crippen LogP contribution in [-0.4, -0.2) is 169 Å². The molecule has 10 N–H and O–H groups in total. The number of ether oxygens (including phenoxy) is 9. The Balaban J connectivity index is 0.000000774. The van der Waals surface area contributed by atoms with Crippen molar-refractivity contribution in [1.82, 2.24) is 9.80 Å². The maximum atomic E-state index is 13.1. The predicted molar refractivity (Wildman–Crippen MR) is 298 cm³/mol. The van der Waals surface area contributed by atoms with Gasteiger partial charge in [-0.15, -0.1) is 29.6 Å². The Kier molecular flexibility index (Phi) is 33.9. The highest BCUT2D eigenvalue weighted by Crippen LogP contribution is 2.35. The summed E-state index contributed by atoms with van der Waals surface area (Å²) in [5.41, 5.74) is 10.9. The SMILES string of the molecule is C#CCOCC(COc1ccc(C(C)(C)c2ccc(OCC(CN3CC3)OC(=O)C[NH3+])cc2)cc1)OC(=O)CCl.CC(C)(c1ccc(OCC(CF)OC(=O)CCl)cc1)c1ccc(OCC(CN2CC2)OC(=O)C[NH3+])cc1.[Cl-].[Cl-].[NH2-].[NH2-]. The molecule has 450 valence electrons. The van der Waals surface area contributed by atoms with E-state index in [1.165, 1.54) is 0 Å². The van der Waals surface area contributed by atoms with Gasteiger partial charge < -0.3 is 91.2 Å². The molecule has 4 atom stereocenters. The summed E-state index contributed by atoms with van der Waals surface area (Å²) in [6.45, 7) is 14.0. The Morgan fingerprint density at radius 2 is 0.802 bits per heavy atom. The molecule has 0 aliphatic carbocycles. The molecule has 81 heavy (non-hydrogen) atoms. The molecule has 4 aromatic rings. The maximum absolute atomic E-state index is 13.1. The Hall–Kier alpha value is -5.67. The molecule has 0 bridgehead atoms. The van der Waals surface area contributed by atoms with E-state index in [0.29, 0.717) is 36.1 Å². The molecule has 2 aliphatic rings. The number of esters is 4. The van der Waals surface area contributed by atoms with Crippen LogP contribution < -0.4 is 55.2 Å². The molecule has 2 fully saturated rings. The Morgan fingerprint density at radius 3 is 1.07 bits per heavy atom. The fraction of sp³-hybridized carbons (Fsp3) is 0.474. The molecular formula is C57H77Cl4FN6O13-2. The zero-order valence-corrected chi connectivity index (χ0v) is 49.3. The highest BCUT2D eigenvalue weighted by molar-refractivity contribution is 6.26. The van der Waals surface area contributed by atoms with Crippen LogP contribution in [-0.2, 0) is 53.7 Å². The van der Waals surface area contributed by atoms with Gasteiger partial charge in [0, 0.05) is 50.1 Å². The first-order valence-electron chi connectivity index (χ1n) is 25.4. The predicted octanol–water partition coefficient (Wildman–Crippen LogP) is -0.159. The Bertz CT molecular complexity index is 2510. The number of nitrogens with two attached hydrogens (primary N) is 2. The zero-order valence-electron chi connectivity index (χ0n) is 46.3. The molecule has 2 heterocycles. The summed E-state index contributed by atoms with van der Waals surface area (Å²) >= 11 is 10.9. The molecule has 4 unspecified atom stereocenters. The van der Waals surface area contributed by atoms with Crippen LogP contribution in [0, 0.1) is 12.3 Å². The number of hydrogen-bond donors (Lipinski definition) is 2. The third kappa shape index (κ3) is 25.6. The lowest BCUT2D eigenvalue weighted by Gasteiger charge is -2.27. The number of benzene rings is 4. The van der Waals surface area contributed by atoms with Crippen molar-refractivity contribution in [3.63, 3.8) is 0 Å². The molecule has 4 aromatic carbocycles. The molecule has 0 spiro atoms. The van der Waals surface area contributed by atoms with E-state index in [4.69, 9.17) is 72.3 Å². The lowest BCUT2D eigenvalue weighted by atomic mass is 9.78. The van der Waals surface area contributed by atoms with Gasteiger partial charge in [-0.3, -0.25) is 19.4 Å². The van der Waals surface area contributed by atoms with Gasteiger partial charge in [0.15, 0.2) is 25.3 Å². The van der Waals surface area contributed by atoms with Crippen LogP contribution in [0.25, 0.3) is 12.3 Å². The van der Waals surface area contributed by atoms with Crippen molar-refractivity contribution < 1.29 is 102 Å². The summed E-state index contributed by atoms with van der Waals surface area (Å²) in [5.74, 6) is 2.46. The van der Waals surface area contributed by atoms with Crippen LogP contribution in [0.4, 0.5) is 4.39 Å². The summed E-state index contributed by atoms with van der Waals surface area (Å²) in [5, 5.41) is 0. The lowest BCUT2D eigenvalue weighted by Crippen LogP contribution is -3.00. The average Bonchev–Trinajstić information content (AvgIpc) is 4.41. The second-order valence-corrected chi connectivity index (χ2v) is 19.8. The number of carbonyl (C=O) groups is 4. The summed E-state index contributed by atoms with van der Waals surface area (Å²) in [6.07, 6.45) is 2.92. The van der Waals surface area contributed by atoms with E-state index >= 15 is 0 Å². The quantitative estimate of drug-likeness (QED) is 0.0161. The van der Waals surface area contributed by atoms with E-state index in [1.54, 1.807) is 12.1 Å². The largest absolute Gasteiger partial charge is 1.00 e. The number of hydrogen-bond acceptors (Lipinski definition) is 15. The average molecular weight is 1220 g/mol. The van der Waals surface area contributed by atoms with Gasteiger partial charge in [-0.05, 0) is 70.8 Å². The zero-order chi connectivity index (χ0) is 55.8. The first-order chi connectivity index (χ1) is 37.0. The topological polar surface area (TPSA) is 280 Å². The lowest BCUT2D eigenvalue weighted by molar-refractivity contribution is -0.360. The number of nitrogens with zero attached hydrogens (tertiary/aromatic N) is 2. The smallest absolute Gasteiger partial charge is 0.362 e. The summed E-state index contributed by atoms with van der Waals surface area (Å²) in [6, 6.07) is 31.0. The molecule has 0 amide bonds. The number of rotatable bonds is 32. The summed E-state index contributed by atoms with van der Waals surface area (Å²) in [4.78, 5) is 50.6. The fourth-order valence-corrected chi connectivity index (χ4v) is 7.82. The second kappa shape index (κ2) is 37.4. The third-order valence-electron chi connectivity index (χ3n) is 12.5. The van der Waals surface area contributed by atoms with E-state index in [0.717, 1.165) is 48.4 Å². The molecule has 0 radical (unpaired) electrons. The van der Waals surface area contributed by atoms with Gasteiger partial charge in [0.2, 0.25) is 0 Å². The minimum atomic E-state index is -1.000. The third-order valence-corrected chi connectivity index (χ3v) is 13.0. The highest BCUT2D eigenvalue weighted by Gasteiger charge is 2.29. The summed E-state index contributed by atoms with van der Waals surface area (Å²) < 4.78 is 62.7. The normalized spacial score (nSPS) is 14.0. The number of terminal acetylenes is 1. The Morgan fingerprint density at radius 1 is 0.519 bits per heavy atom. The monoisotopic (exact) mass is 1210 g/mol. The van der Waals surface area contributed by atoms with Gasteiger partial charge >= 0.3 is 23.9 Å². The van der Waals surface area contributed by atoms with Gasteiger partial charge in [0.05, 0.1) is 6.61 Å². The van der Waals surface area contributed by atoms with Crippen LogP contribution >= 0.6 is 23.2 Å². The molecule has 6 rings (SSSR count). The number of alkyl halides is 3. The molecular weight excluding hydrogens is 1140 g/mol. The molecule has 19 nitrogen and oxygen atoms in total. The maximum Gasteiger partial charge on any atom is 0.362 e. The van der Waals surface area contributed by atoms with E-state index in [2.05, 4.69) is 54.9 Å². The molecule has 2 aliphatic heterocycles. The van der Waals surface area contributed by atoms with Crippen LogP contribution in [0.2, 0.25) is 0 Å². The molecule has 24 heteroatoms. The van der Waals surface area contributed by atoms with Gasteiger partial charge in [0.1, 0.15) is 86.7 Å². The van der Waals surface area contributed by atoms with Crippen molar-refractivity contribution in [2.45, 2.75) is 62.9 Å². The van der Waals surface area contributed by atoms with Crippen LogP contribution in [0.3, 0.4) is 0 Å². The van der Waals surface area contributed by atoms with Crippen molar-refractivity contribution >= 4 is 47.1 Å². The number of quaternary nitrogens is 2. The van der Waals surface area contributed by atoms with E-state index in [9.17, 15) is 23.6 Å². The summed E-state index contributed by atoms with van der Waals surface area (Å²) in [7, 11) is 0. The number of carbonyl (C=O) groups excluding carboxylic acids is 4. The molecule has 0 aromatic heterocycles. The van der Waals surface area contributed by atoms with Crippen molar-refractivity contribution in [2.24, 2.45) is 0 Å². The van der Waals surface area contributed by atoms with Crippen molar-refractivity contribution in [1.29, 1.82) is 0 Å². The van der Waals surface area contributed by atoms with E-state index in [1.807, 2.05) is 84.9 Å². The van der Waals surface area contributed by atoms with Crippen LogP contribution in [0.15, 0.2) is 97.1 Å². The Labute approximate surface area is 497 Å². The van der Waals surface area contributed by atoms with Gasteiger partial charge in [-0.2, -0.15) is 0 Å². The van der Waals surface area contributed by atoms with Crippen molar-refractivity contribution in [3.8, 4) is 35.3 Å². The second-order valence-electron chi connectivity index (χ2n) is 19.3. The number of halogens is 5. The van der Waals surface area contributed by atoms with Gasteiger partial charge in [-0.25, -0.2) is 14.0 Å². The first-order valence-corrected chi connectivity index (χ1v) is 26.5. The highest BCUT2D eigenvalue weighted by atomic mass is 35.5. The van der Waals surface area contributed by atoms with Crippen molar-refractivity contribution in [3.05, 3.63) is 132 Å². The molecule has 0 saturated carbocycles. The van der Waals surface area contributed by atoms with E-state index in [-0.39, 0.29) is 137 Å². The fourth-order valence-electron chi connectivity index (χ4n) is 7.69.